The van der Waals surface area contributed by atoms with E-state index in [1.54, 1.807) is 86.0 Å². The lowest BCUT2D eigenvalue weighted by molar-refractivity contribution is -0.137. The Kier molecular flexibility index (Phi) is 10.8. The zero-order valence-electron chi connectivity index (χ0n) is 23.2. The first-order chi connectivity index (χ1) is 21.0. The Balaban J connectivity index is 1.49. The van der Waals surface area contributed by atoms with Gasteiger partial charge in [0.1, 0.15) is 5.70 Å². The molecule has 1 atom stereocenters. The highest BCUT2D eigenvalue weighted by molar-refractivity contribution is 8.00. The molecule has 0 bridgehead atoms. The molecule has 1 unspecified atom stereocenters. The maximum absolute atomic E-state index is 13.3. The summed E-state index contributed by atoms with van der Waals surface area (Å²) in [5.74, 6) is -1.60. The molecule has 4 aromatic rings. The van der Waals surface area contributed by atoms with Crippen molar-refractivity contribution in [3.8, 4) is 0 Å². The van der Waals surface area contributed by atoms with E-state index in [1.165, 1.54) is 17.8 Å². The second kappa shape index (κ2) is 14.7. The van der Waals surface area contributed by atoms with Gasteiger partial charge in [0.05, 0.1) is 21.5 Å². The van der Waals surface area contributed by atoms with Crippen molar-refractivity contribution in [1.82, 2.24) is 10.3 Å². The van der Waals surface area contributed by atoms with Gasteiger partial charge in [0.25, 0.3) is 11.8 Å². The number of thioether (sulfide) groups is 1. The summed E-state index contributed by atoms with van der Waals surface area (Å²) >= 11 is 7.22. The molecule has 3 amide bonds. The topological polar surface area (TPSA) is 100 Å². The molecular weight excluding hydrogens is 613 g/mol. The normalized spacial score (nSPS) is 12.2. The van der Waals surface area contributed by atoms with Crippen LogP contribution in [-0.2, 0) is 15.8 Å². The maximum atomic E-state index is 13.3. The van der Waals surface area contributed by atoms with Gasteiger partial charge in [-0.25, -0.2) is 0 Å². The van der Waals surface area contributed by atoms with E-state index >= 15 is 0 Å². The molecule has 7 nitrogen and oxygen atoms in total. The van der Waals surface area contributed by atoms with Crippen molar-refractivity contribution in [2.45, 2.75) is 29.7 Å². The summed E-state index contributed by atoms with van der Waals surface area (Å²) in [5, 5.41) is 7.21. The van der Waals surface area contributed by atoms with Gasteiger partial charge in [-0.2, -0.15) is 13.2 Å². The number of anilines is 2. The average Bonchev–Trinajstić information content (AvgIpc) is 3.01. The van der Waals surface area contributed by atoms with Gasteiger partial charge in [-0.15, -0.1) is 11.8 Å². The van der Waals surface area contributed by atoms with Gasteiger partial charge >= 0.3 is 6.18 Å². The number of alkyl halides is 3. The van der Waals surface area contributed by atoms with Crippen LogP contribution in [0.4, 0.5) is 24.5 Å². The summed E-state index contributed by atoms with van der Waals surface area (Å²) < 4.78 is 39.5. The molecule has 1 heterocycles. The second-order valence-electron chi connectivity index (χ2n) is 9.34. The standard InChI is InChI=1S/C32H26ClF3N4O3S/c1-2-28(31(43)39-26-17-22(32(34,35)36)13-14-25(26)33)44-24-12-6-11-23(18-24)38-30(42)27(16-20-8-7-15-37-19-20)40-29(41)21-9-4-3-5-10-21/h3-19,28H,2H2,1H3,(H,38,42)(H,39,43)(H,40,41)/b27-16-. The van der Waals surface area contributed by atoms with Crippen LogP contribution in [0.5, 0.6) is 0 Å². The first kappa shape index (κ1) is 32.3. The van der Waals surface area contributed by atoms with E-state index in [0.29, 0.717) is 28.1 Å². The van der Waals surface area contributed by atoms with Gasteiger partial charge in [-0.3, -0.25) is 19.4 Å². The molecule has 226 valence electrons. The Morgan fingerprint density at radius 3 is 2.41 bits per heavy atom. The predicted octanol–water partition coefficient (Wildman–Crippen LogP) is 7.67. The molecule has 4 rings (SSSR count). The summed E-state index contributed by atoms with van der Waals surface area (Å²) in [6, 6.07) is 21.3. The molecule has 0 saturated carbocycles. The van der Waals surface area contributed by atoms with E-state index in [1.807, 2.05) is 0 Å². The largest absolute Gasteiger partial charge is 0.416 e. The Morgan fingerprint density at radius 2 is 1.73 bits per heavy atom. The van der Waals surface area contributed by atoms with Crippen molar-refractivity contribution in [2.24, 2.45) is 0 Å². The van der Waals surface area contributed by atoms with Crippen molar-refractivity contribution in [1.29, 1.82) is 0 Å². The molecule has 0 aliphatic carbocycles. The van der Waals surface area contributed by atoms with Crippen LogP contribution in [0, 0.1) is 0 Å². The number of carbonyl (C=O) groups excluding carboxylic acids is 3. The van der Waals surface area contributed by atoms with Crippen molar-refractivity contribution in [3.05, 3.63) is 125 Å². The lowest BCUT2D eigenvalue weighted by Gasteiger charge is -2.17. The predicted molar refractivity (Wildman–Crippen MR) is 166 cm³/mol. The monoisotopic (exact) mass is 638 g/mol. The lowest BCUT2D eigenvalue weighted by Crippen LogP contribution is -2.30. The fourth-order valence-corrected chi connectivity index (χ4v) is 5.09. The Hall–Kier alpha value is -4.61. The van der Waals surface area contributed by atoms with E-state index < -0.39 is 34.7 Å². The van der Waals surface area contributed by atoms with Crippen molar-refractivity contribution < 1.29 is 27.6 Å². The summed E-state index contributed by atoms with van der Waals surface area (Å²) in [5.41, 5.74) is 0.255. The Labute approximate surface area is 260 Å². The number of nitrogens with one attached hydrogen (secondary N) is 3. The third kappa shape index (κ3) is 8.95. The van der Waals surface area contributed by atoms with E-state index in [2.05, 4.69) is 20.9 Å². The van der Waals surface area contributed by atoms with Crippen LogP contribution in [0.1, 0.15) is 34.8 Å². The number of carbonyl (C=O) groups is 3. The number of halogens is 4. The van der Waals surface area contributed by atoms with Crippen LogP contribution >= 0.6 is 23.4 Å². The summed E-state index contributed by atoms with van der Waals surface area (Å²) in [6.07, 6.45) is 0.388. The highest BCUT2D eigenvalue weighted by Gasteiger charge is 2.31. The minimum absolute atomic E-state index is 0.0197. The number of amides is 3. The van der Waals surface area contributed by atoms with Crippen LogP contribution in [-0.4, -0.2) is 28.0 Å². The highest BCUT2D eigenvalue weighted by atomic mass is 35.5. The summed E-state index contributed by atoms with van der Waals surface area (Å²) in [6.45, 7) is 1.77. The smallest absolute Gasteiger partial charge is 0.324 e. The number of hydrogen-bond donors (Lipinski definition) is 3. The van der Waals surface area contributed by atoms with E-state index in [9.17, 15) is 27.6 Å². The number of pyridine rings is 1. The van der Waals surface area contributed by atoms with E-state index in [4.69, 9.17) is 11.6 Å². The Morgan fingerprint density at radius 1 is 0.955 bits per heavy atom. The minimum Gasteiger partial charge on any atom is -0.324 e. The average molecular weight is 639 g/mol. The molecule has 0 spiro atoms. The van der Waals surface area contributed by atoms with Crippen molar-refractivity contribution in [2.75, 3.05) is 10.6 Å². The SMILES string of the molecule is CCC(Sc1cccc(NC(=O)/C(=C/c2cccnc2)NC(=O)c2ccccc2)c1)C(=O)Nc1cc(C(F)(F)F)ccc1Cl. The van der Waals surface area contributed by atoms with Crippen molar-refractivity contribution in [3.63, 3.8) is 0 Å². The van der Waals surface area contributed by atoms with Gasteiger partial charge in [-0.05, 0) is 72.7 Å². The van der Waals surface area contributed by atoms with Crippen LogP contribution in [0.15, 0.2) is 108 Å². The van der Waals surface area contributed by atoms with E-state index in [-0.39, 0.29) is 16.4 Å². The molecule has 3 N–H and O–H groups in total. The summed E-state index contributed by atoms with van der Waals surface area (Å²) in [7, 11) is 0. The third-order valence-electron chi connectivity index (χ3n) is 6.11. The van der Waals surface area contributed by atoms with Gasteiger partial charge in [0.2, 0.25) is 5.91 Å². The molecule has 0 aliphatic heterocycles. The molecule has 0 fully saturated rings. The van der Waals surface area contributed by atoms with E-state index in [0.717, 1.165) is 18.2 Å². The fraction of sp³-hybridized carbons (Fsp3) is 0.125. The first-order valence-corrected chi connectivity index (χ1v) is 14.5. The van der Waals surface area contributed by atoms with Gasteiger partial charge < -0.3 is 16.0 Å². The molecule has 44 heavy (non-hydrogen) atoms. The van der Waals surface area contributed by atoms with Crippen LogP contribution in [0.2, 0.25) is 5.02 Å². The third-order valence-corrected chi connectivity index (χ3v) is 7.80. The fourth-order valence-electron chi connectivity index (χ4n) is 3.91. The number of aromatic nitrogens is 1. The zero-order valence-corrected chi connectivity index (χ0v) is 24.8. The number of hydrogen-bond acceptors (Lipinski definition) is 5. The molecule has 0 aliphatic rings. The quantitative estimate of drug-likeness (QED) is 0.122. The zero-order chi connectivity index (χ0) is 31.7. The van der Waals surface area contributed by atoms with Crippen LogP contribution in [0.3, 0.4) is 0 Å². The van der Waals surface area contributed by atoms with Crippen LogP contribution in [0.25, 0.3) is 6.08 Å². The molecule has 3 aromatic carbocycles. The van der Waals surface area contributed by atoms with Crippen LogP contribution < -0.4 is 16.0 Å². The molecule has 1 aromatic heterocycles. The van der Waals surface area contributed by atoms with Gasteiger partial charge in [0.15, 0.2) is 0 Å². The number of nitrogens with zero attached hydrogens (tertiary/aromatic N) is 1. The first-order valence-electron chi connectivity index (χ1n) is 13.3. The summed E-state index contributed by atoms with van der Waals surface area (Å²) in [4.78, 5) is 43.9. The highest BCUT2D eigenvalue weighted by Crippen LogP contribution is 2.35. The molecule has 12 heteroatoms. The van der Waals surface area contributed by atoms with Gasteiger partial charge in [0, 0.05) is 28.5 Å². The minimum atomic E-state index is -4.59. The maximum Gasteiger partial charge on any atom is 0.416 e. The molecule has 0 radical (unpaired) electrons. The second-order valence-corrected chi connectivity index (χ2v) is 11.0. The number of rotatable bonds is 10. The lowest BCUT2D eigenvalue weighted by atomic mass is 10.2. The van der Waals surface area contributed by atoms with Crippen molar-refractivity contribution >= 4 is 58.5 Å². The number of benzene rings is 3. The van der Waals surface area contributed by atoms with Gasteiger partial charge in [-0.1, -0.05) is 48.9 Å². The Bertz CT molecular complexity index is 1670. The molecular formula is C32H26ClF3N4O3S. The molecule has 0 saturated heterocycles.